The molecular weight excluding hydrogens is 277 g/mol. The van der Waals surface area contributed by atoms with Gasteiger partial charge < -0.3 is 10.2 Å². The molecule has 2 heterocycles. The summed E-state index contributed by atoms with van der Waals surface area (Å²) in [4.78, 5) is 37.8. The molecular formula is C14H14FN3O3. The predicted molar refractivity (Wildman–Crippen MR) is 71.1 cm³/mol. The van der Waals surface area contributed by atoms with E-state index in [1.807, 2.05) is 0 Å². The second-order valence-electron chi connectivity index (χ2n) is 5.25. The van der Waals surface area contributed by atoms with Crippen LogP contribution in [0.25, 0.3) is 0 Å². The summed E-state index contributed by atoms with van der Waals surface area (Å²) in [5, 5.41) is 2.44. The molecule has 2 aliphatic rings. The van der Waals surface area contributed by atoms with Crippen molar-refractivity contribution in [3.8, 4) is 0 Å². The molecule has 3 rings (SSSR count). The number of carbonyl (C=O) groups excluding carboxylic acids is 3. The molecule has 21 heavy (non-hydrogen) atoms. The molecule has 2 aliphatic heterocycles. The van der Waals surface area contributed by atoms with Crippen LogP contribution in [0.4, 0.5) is 9.18 Å². The van der Waals surface area contributed by atoms with Crippen molar-refractivity contribution in [2.45, 2.75) is 13.0 Å². The lowest BCUT2D eigenvalue weighted by Gasteiger charge is -2.42. The quantitative estimate of drug-likeness (QED) is 0.807. The summed E-state index contributed by atoms with van der Waals surface area (Å²) in [6, 6.07) is 3.62. The van der Waals surface area contributed by atoms with E-state index in [0.29, 0.717) is 5.56 Å². The number of benzene rings is 1. The van der Waals surface area contributed by atoms with Gasteiger partial charge >= 0.3 is 6.03 Å². The van der Waals surface area contributed by atoms with Crippen molar-refractivity contribution in [3.63, 3.8) is 0 Å². The number of imide groups is 1. The van der Waals surface area contributed by atoms with Gasteiger partial charge in [-0.2, -0.15) is 0 Å². The first kappa shape index (κ1) is 13.5. The summed E-state index contributed by atoms with van der Waals surface area (Å²) >= 11 is 0. The Balaban J connectivity index is 1.65. The van der Waals surface area contributed by atoms with Crippen LogP contribution in [0.3, 0.4) is 0 Å². The predicted octanol–water partition coefficient (Wildman–Crippen LogP) is 0.510. The number of urea groups is 1. The fourth-order valence-electron chi connectivity index (χ4n) is 2.50. The fourth-order valence-corrected chi connectivity index (χ4v) is 2.50. The summed E-state index contributed by atoms with van der Waals surface area (Å²) in [5.74, 6) is -0.997. The first-order valence-electron chi connectivity index (χ1n) is 6.62. The van der Waals surface area contributed by atoms with Crippen LogP contribution in [0.15, 0.2) is 18.2 Å². The van der Waals surface area contributed by atoms with Gasteiger partial charge in [-0.05, 0) is 24.6 Å². The normalized spacial score (nSPS) is 18.8. The number of aryl methyl sites for hydroxylation is 1. The number of nitrogens with one attached hydrogen (secondary N) is 1. The Labute approximate surface area is 120 Å². The Bertz CT molecular complexity index is 624. The van der Waals surface area contributed by atoms with Crippen molar-refractivity contribution in [2.75, 3.05) is 19.6 Å². The van der Waals surface area contributed by atoms with E-state index in [0.717, 1.165) is 4.90 Å². The van der Waals surface area contributed by atoms with Gasteiger partial charge in [0, 0.05) is 18.7 Å². The standard InChI is InChI=1S/C14H14FN3O3/c1-8-2-3-9(4-11(8)15)13(20)17-6-10(7-17)18-12(19)5-16-14(18)21/h2-4,10H,5-7H2,1H3,(H,16,21). The van der Waals surface area contributed by atoms with E-state index >= 15 is 0 Å². The minimum absolute atomic E-state index is 0.00640. The van der Waals surface area contributed by atoms with Gasteiger partial charge in [0.2, 0.25) is 5.91 Å². The maximum absolute atomic E-state index is 13.5. The van der Waals surface area contributed by atoms with Crippen LogP contribution >= 0.6 is 0 Å². The van der Waals surface area contributed by atoms with Gasteiger partial charge in [0.05, 0.1) is 12.6 Å². The minimum Gasteiger partial charge on any atom is -0.334 e. The molecule has 0 radical (unpaired) electrons. The lowest BCUT2D eigenvalue weighted by Crippen LogP contribution is -2.62. The molecule has 4 amide bonds. The number of likely N-dealkylation sites (tertiary alicyclic amines) is 1. The average Bonchev–Trinajstić information content (AvgIpc) is 2.72. The highest BCUT2D eigenvalue weighted by atomic mass is 19.1. The molecule has 1 aromatic rings. The second-order valence-corrected chi connectivity index (χ2v) is 5.25. The van der Waals surface area contributed by atoms with Gasteiger partial charge in [-0.15, -0.1) is 0 Å². The van der Waals surface area contributed by atoms with Crippen LogP contribution < -0.4 is 5.32 Å². The zero-order chi connectivity index (χ0) is 15.1. The molecule has 0 saturated carbocycles. The van der Waals surface area contributed by atoms with E-state index < -0.39 is 11.8 Å². The lowest BCUT2D eigenvalue weighted by molar-refractivity contribution is -0.128. The van der Waals surface area contributed by atoms with Gasteiger partial charge in [-0.1, -0.05) is 6.07 Å². The topological polar surface area (TPSA) is 69.7 Å². The van der Waals surface area contributed by atoms with E-state index in [1.165, 1.54) is 11.0 Å². The first-order chi connectivity index (χ1) is 9.97. The number of hydrogen-bond donors (Lipinski definition) is 1. The van der Waals surface area contributed by atoms with Gasteiger partial charge in [0.1, 0.15) is 5.82 Å². The summed E-state index contributed by atoms with van der Waals surface area (Å²) in [7, 11) is 0. The Kier molecular flexibility index (Phi) is 3.12. The third-order valence-corrected chi connectivity index (χ3v) is 3.81. The highest BCUT2D eigenvalue weighted by Crippen LogP contribution is 2.21. The molecule has 6 nitrogen and oxygen atoms in total. The Hall–Kier alpha value is -2.44. The molecule has 2 fully saturated rings. The van der Waals surface area contributed by atoms with Gasteiger partial charge in [-0.3, -0.25) is 14.5 Å². The van der Waals surface area contributed by atoms with Crippen molar-refractivity contribution in [1.82, 2.24) is 15.1 Å². The first-order valence-corrected chi connectivity index (χ1v) is 6.62. The molecule has 1 aromatic carbocycles. The van der Waals surface area contributed by atoms with Crippen LogP contribution in [0, 0.1) is 12.7 Å². The molecule has 0 aliphatic carbocycles. The zero-order valence-electron chi connectivity index (χ0n) is 11.4. The molecule has 0 bridgehead atoms. The third kappa shape index (κ3) is 2.24. The van der Waals surface area contributed by atoms with Crippen LogP contribution in [0.1, 0.15) is 15.9 Å². The monoisotopic (exact) mass is 291 g/mol. The van der Waals surface area contributed by atoms with E-state index in [2.05, 4.69) is 5.32 Å². The van der Waals surface area contributed by atoms with Crippen LogP contribution in [-0.4, -0.2) is 53.3 Å². The van der Waals surface area contributed by atoms with E-state index in [4.69, 9.17) is 0 Å². The number of amides is 4. The van der Waals surface area contributed by atoms with Crippen molar-refractivity contribution in [3.05, 3.63) is 35.1 Å². The van der Waals surface area contributed by atoms with E-state index in [1.54, 1.807) is 19.1 Å². The fraction of sp³-hybridized carbons (Fsp3) is 0.357. The minimum atomic E-state index is -0.424. The lowest BCUT2D eigenvalue weighted by atomic mass is 10.0. The Morgan fingerprint density at radius 3 is 2.62 bits per heavy atom. The average molecular weight is 291 g/mol. The van der Waals surface area contributed by atoms with Gasteiger partial charge in [0.25, 0.3) is 5.91 Å². The van der Waals surface area contributed by atoms with Gasteiger partial charge in [-0.25, -0.2) is 9.18 Å². The van der Waals surface area contributed by atoms with Crippen molar-refractivity contribution < 1.29 is 18.8 Å². The number of nitrogens with zero attached hydrogens (tertiary/aromatic N) is 2. The van der Waals surface area contributed by atoms with Crippen molar-refractivity contribution in [2.24, 2.45) is 0 Å². The third-order valence-electron chi connectivity index (χ3n) is 3.81. The Morgan fingerprint density at radius 2 is 2.05 bits per heavy atom. The molecule has 110 valence electrons. The summed E-state index contributed by atoms with van der Waals surface area (Å²) in [6.45, 7) is 2.20. The van der Waals surface area contributed by atoms with Crippen LogP contribution in [0.2, 0.25) is 0 Å². The van der Waals surface area contributed by atoms with Crippen molar-refractivity contribution in [1.29, 1.82) is 0 Å². The molecule has 0 atom stereocenters. The van der Waals surface area contributed by atoms with Gasteiger partial charge in [0.15, 0.2) is 0 Å². The Morgan fingerprint density at radius 1 is 1.33 bits per heavy atom. The SMILES string of the molecule is Cc1ccc(C(=O)N2CC(N3C(=O)CNC3=O)C2)cc1F. The number of carbonyl (C=O) groups is 3. The molecule has 1 N–H and O–H groups in total. The number of rotatable bonds is 2. The summed E-state index contributed by atoms with van der Waals surface area (Å²) < 4.78 is 13.5. The smallest absolute Gasteiger partial charge is 0.324 e. The highest BCUT2D eigenvalue weighted by molar-refractivity contribution is 6.03. The summed E-state index contributed by atoms with van der Waals surface area (Å²) in [6.07, 6.45) is 0. The molecule has 0 aromatic heterocycles. The van der Waals surface area contributed by atoms with Crippen LogP contribution in [-0.2, 0) is 4.79 Å². The largest absolute Gasteiger partial charge is 0.334 e. The van der Waals surface area contributed by atoms with E-state index in [9.17, 15) is 18.8 Å². The summed E-state index contributed by atoms with van der Waals surface area (Å²) in [5.41, 5.74) is 0.751. The molecule has 0 unspecified atom stereocenters. The maximum atomic E-state index is 13.5. The number of hydrogen-bond acceptors (Lipinski definition) is 3. The maximum Gasteiger partial charge on any atom is 0.324 e. The highest BCUT2D eigenvalue weighted by Gasteiger charge is 2.43. The van der Waals surface area contributed by atoms with Crippen molar-refractivity contribution >= 4 is 17.8 Å². The molecule has 7 heteroatoms. The van der Waals surface area contributed by atoms with E-state index in [-0.39, 0.29) is 43.1 Å². The van der Waals surface area contributed by atoms with Crippen LogP contribution in [0.5, 0.6) is 0 Å². The zero-order valence-corrected chi connectivity index (χ0v) is 11.4. The molecule has 0 spiro atoms. The molecule has 2 saturated heterocycles. The second kappa shape index (κ2) is 4.83. The number of halogens is 1.